The minimum Gasteiger partial charge on any atom is -0.298 e. The number of nitrogens with zero attached hydrogens (tertiary/aromatic N) is 2. The number of hydrogen-bond acceptors (Lipinski definition) is 5. The van der Waals surface area contributed by atoms with E-state index in [0.29, 0.717) is 12.1 Å². The Morgan fingerprint density at radius 3 is 2.54 bits per heavy atom. The maximum Gasteiger partial charge on any atom is 0.416 e. The molecule has 0 saturated heterocycles. The van der Waals surface area contributed by atoms with Crippen LogP contribution in [0.15, 0.2) is 24.4 Å². The van der Waals surface area contributed by atoms with Crippen molar-refractivity contribution in [2.24, 2.45) is 0 Å². The minimum atomic E-state index is -4.73. The summed E-state index contributed by atoms with van der Waals surface area (Å²) in [6.07, 6.45) is -3.17. The molecular weight excluding hydrogens is 347 g/mol. The van der Waals surface area contributed by atoms with Crippen molar-refractivity contribution in [1.82, 2.24) is 4.98 Å². The highest BCUT2D eigenvalue weighted by molar-refractivity contribution is 7.15. The topological polar surface area (TPSA) is 85.1 Å². The first kappa shape index (κ1) is 17.9. The lowest BCUT2D eigenvalue weighted by atomic mass is 10.1. The first-order valence-electron chi connectivity index (χ1n) is 6.72. The molecule has 128 valence electrons. The van der Waals surface area contributed by atoms with Gasteiger partial charge in [0, 0.05) is 17.1 Å². The van der Waals surface area contributed by atoms with E-state index in [9.17, 15) is 28.1 Å². The number of amides is 1. The molecule has 24 heavy (non-hydrogen) atoms. The van der Waals surface area contributed by atoms with Crippen molar-refractivity contribution in [1.29, 1.82) is 0 Å². The molecule has 0 saturated carbocycles. The summed E-state index contributed by atoms with van der Waals surface area (Å²) in [7, 11) is 0. The third kappa shape index (κ3) is 3.88. The van der Waals surface area contributed by atoms with E-state index < -0.39 is 33.8 Å². The fourth-order valence-corrected chi connectivity index (χ4v) is 2.64. The van der Waals surface area contributed by atoms with Crippen LogP contribution in [0.5, 0.6) is 0 Å². The largest absolute Gasteiger partial charge is 0.416 e. The molecule has 0 atom stereocenters. The number of aromatic nitrogens is 1. The zero-order valence-electron chi connectivity index (χ0n) is 12.5. The average Bonchev–Trinajstić information content (AvgIpc) is 2.94. The van der Waals surface area contributed by atoms with E-state index in [-0.39, 0.29) is 11.0 Å². The van der Waals surface area contributed by atoms with E-state index in [1.807, 2.05) is 13.8 Å². The van der Waals surface area contributed by atoms with Crippen LogP contribution in [0.4, 0.5) is 24.0 Å². The van der Waals surface area contributed by atoms with Gasteiger partial charge in [-0.05, 0) is 18.1 Å². The summed E-state index contributed by atoms with van der Waals surface area (Å²) in [6, 6.07) is 1.76. The van der Waals surface area contributed by atoms with Crippen LogP contribution >= 0.6 is 11.3 Å². The van der Waals surface area contributed by atoms with Crippen LogP contribution in [0.25, 0.3) is 0 Å². The summed E-state index contributed by atoms with van der Waals surface area (Å²) in [5, 5.41) is 13.6. The van der Waals surface area contributed by atoms with Crippen molar-refractivity contribution < 1.29 is 22.9 Å². The highest BCUT2D eigenvalue weighted by Crippen LogP contribution is 2.33. The van der Waals surface area contributed by atoms with E-state index in [0.717, 1.165) is 10.9 Å². The van der Waals surface area contributed by atoms with Gasteiger partial charge in [0.2, 0.25) is 0 Å². The number of carbonyl (C=O) groups excluding carboxylic acids is 1. The van der Waals surface area contributed by atoms with Gasteiger partial charge in [-0.15, -0.1) is 11.3 Å². The summed E-state index contributed by atoms with van der Waals surface area (Å²) < 4.78 is 38.0. The van der Waals surface area contributed by atoms with E-state index in [1.165, 1.54) is 11.3 Å². The van der Waals surface area contributed by atoms with E-state index in [2.05, 4.69) is 10.3 Å². The second-order valence-electron chi connectivity index (χ2n) is 5.16. The SMILES string of the molecule is CC(C)c1cnc(NC(=O)c2ccc(C(F)(F)F)cc2[N+](=O)[O-])s1. The zero-order chi connectivity index (χ0) is 18.1. The van der Waals surface area contributed by atoms with Crippen LogP contribution < -0.4 is 5.32 Å². The van der Waals surface area contributed by atoms with Crippen molar-refractivity contribution in [3.63, 3.8) is 0 Å². The van der Waals surface area contributed by atoms with Gasteiger partial charge in [-0.1, -0.05) is 13.8 Å². The maximum atomic E-state index is 12.7. The average molecular weight is 359 g/mol. The van der Waals surface area contributed by atoms with Crippen LogP contribution in [-0.2, 0) is 6.18 Å². The van der Waals surface area contributed by atoms with Gasteiger partial charge < -0.3 is 0 Å². The number of anilines is 1. The zero-order valence-corrected chi connectivity index (χ0v) is 13.4. The predicted molar refractivity (Wildman–Crippen MR) is 82.3 cm³/mol. The van der Waals surface area contributed by atoms with Crippen molar-refractivity contribution in [2.75, 3.05) is 5.32 Å². The molecule has 0 aliphatic rings. The lowest BCUT2D eigenvalue weighted by molar-refractivity contribution is -0.385. The van der Waals surface area contributed by atoms with E-state index >= 15 is 0 Å². The Balaban J connectivity index is 2.32. The Kier molecular flexibility index (Phi) is 4.88. The highest BCUT2D eigenvalue weighted by atomic mass is 32.1. The molecule has 0 aliphatic heterocycles. The quantitative estimate of drug-likeness (QED) is 0.646. The van der Waals surface area contributed by atoms with Crippen LogP contribution in [0.3, 0.4) is 0 Å². The first-order valence-corrected chi connectivity index (χ1v) is 7.54. The smallest absolute Gasteiger partial charge is 0.298 e. The van der Waals surface area contributed by atoms with Gasteiger partial charge in [-0.3, -0.25) is 20.2 Å². The molecule has 1 aromatic heterocycles. The Morgan fingerprint density at radius 2 is 2.04 bits per heavy atom. The Labute approximate surface area is 138 Å². The standard InChI is InChI=1S/C14H12F3N3O3S/c1-7(2)11-6-18-13(24-11)19-12(21)9-4-3-8(14(15,16)17)5-10(9)20(22)23/h3-7H,1-2H3,(H,18,19,21). The lowest BCUT2D eigenvalue weighted by Gasteiger charge is -2.08. The molecule has 1 heterocycles. The normalized spacial score (nSPS) is 11.6. The molecule has 0 unspecified atom stereocenters. The van der Waals surface area contributed by atoms with Crippen LogP contribution in [-0.4, -0.2) is 15.8 Å². The van der Waals surface area contributed by atoms with Crippen molar-refractivity contribution in [3.8, 4) is 0 Å². The maximum absolute atomic E-state index is 12.7. The number of nitro benzene ring substituents is 1. The molecular formula is C14H12F3N3O3S. The summed E-state index contributed by atoms with van der Waals surface area (Å²) in [5.41, 5.74) is -2.57. The molecule has 2 aromatic rings. The van der Waals surface area contributed by atoms with Gasteiger partial charge >= 0.3 is 6.18 Å². The predicted octanol–water partition coefficient (Wildman–Crippen LogP) is 4.45. The van der Waals surface area contributed by atoms with Gasteiger partial charge in [-0.25, -0.2) is 4.98 Å². The second kappa shape index (κ2) is 6.56. The summed E-state index contributed by atoms with van der Waals surface area (Å²) in [6.45, 7) is 3.86. The fraction of sp³-hybridized carbons (Fsp3) is 0.286. The number of nitro groups is 1. The minimum absolute atomic E-state index is 0.188. The van der Waals surface area contributed by atoms with Gasteiger partial charge in [0.05, 0.1) is 10.5 Å². The van der Waals surface area contributed by atoms with E-state index in [1.54, 1.807) is 6.20 Å². The first-order chi connectivity index (χ1) is 11.1. The number of rotatable bonds is 4. The number of hydrogen-bond donors (Lipinski definition) is 1. The Hall–Kier alpha value is -2.49. The van der Waals surface area contributed by atoms with Crippen molar-refractivity contribution in [2.45, 2.75) is 25.9 Å². The summed E-state index contributed by atoms with van der Waals surface area (Å²) in [5.74, 6) is -0.700. The molecule has 0 bridgehead atoms. The summed E-state index contributed by atoms with van der Waals surface area (Å²) in [4.78, 5) is 27.0. The fourth-order valence-electron chi connectivity index (χ4n) is 1.83. The number of thiazole rings is 1. The van der Waals surface area contributed by atoms with E-state index in [4.69, 9.17) is 0 Å². The molecule has 0 radical (unpaired) electrons. The summed E-state index contributed by atoms with van der Waals surface area (Å²) >= 11 is 1.19. The van der Waals surface area contributed by atoms with Gasteiger partial charge in [0.15, 0.2) is 5.13 Å². The molecule has 0 aliphatic carbocycles. The van der Waals surface area contributed by atoms with Gasteiger partial charge in [-0.2, -0.15) is 13.2 Å². The lowest BCUT2D eigenvalue weighted by Crippen LogP contribution is -2.15. The molecule has 0 spiro atoms. The third-order valence-corrected chi connectivity index (χ3v) is 4.29. The molecule has 1 amide bonds. The van der Waals surface area contributed by atoms with Gasteiger partial charge in [0.25, 0.3) is 11.6 Å². The molecule has 10 heteroatoms. The molecule has 0 fully saturated rings. The van der Waals surface area contributed by atoms with Crippen molar-refractivity contribution in [3.05, 3.63) is 50.5 Å². The monoisotopic (exact) mass is 359 g/mol. The molecule has 6 nitrogen and oxygen atoms in total. The third-order valence-electron chi connectivity index (χ3n) is 3.08. The van der Waals surface area contributed by atoms with Crippen LogP contribution in [0.1, 0.15) is 40.6 Å². The number of alkyl halides is 3. The van der Waals surface area contributed by atoms with Crippen LogP contribution in [0.2, 0.25) is 0 Å². The highest BCUT2D eigenvalue weighted by Gasteiger charge is 2.34. The number of nitrogens with one attached hydrogen (secondary N) is 1. The van der Waals surface area contributed by atoms with Gasteiger partial charge in [0.1, 0.15) is 5.56 Å². The Morgan fingerprint density at radius 1 is 1.38 bits per heavy atom. The molecule has 1 aromatic carbocycles. The Bertz CT molecular complexity index is 787. The number of halogens is 3. The van der Waals surface area contributed by atoms with Crippen molar-refractivity contribution >= 4 is 28.1 Å². The second-order valence-corrected chi connectivity index (χ2v) is 6.23. The molecule has 2 rings (SSSR count). The number of carbonyl (C=O) groups is 1. The number of benzene rings is 1. The molecule has 1 N–H and O–H groups in total. The van der Waals surface area contributed by atoms with Crippen LogP contribution in [0, 0.1) is 10.1 Å².